The van der Waals surface area contributed by atoms with Crippen molar-refractivity contribution in [3.63, 3.8) is 0 Å². The van der Waals surface area contributed by atoms with Gasteiger partial charge in [-0.15, -0.1) is 6.58 Å². The number of furan rings is 1. The van der Waals surface area contributed by atoms with Crippen molar-refractivity contribution in [2.75, 3.05) is 6.54 Å². The van der Waals surface area contributed by atoms with Crippen LogP contribution in [-0.4, -0.2) is 6.54 Å². The zero-order valence-corrected chi connectivity index (χ0v) is 10.2. The quantitative estimate of drug-likeness (QED) is 0.747. The Hall–Kier alpha value is -1.02. The van der Waals surface area contributed by atoms with Gasteiger partial charge in [0.05, 0.1) is 0 Å². The van der Waals surface area contributed by atoms with Crippen LogP contribution in [0.5, 0.6) is 0 Å². The largest absolute Gasteiger partial charge is 0.466 e. The predicted octanol–water partition coefficient (Wildman–Crippen LogP) is 3.51. The highest BCUT2D eigenvalue weighted by molar-refractivity contribution is 5.23. The third kappa shape index (κ3) is 3.56. The molecule has 0 radical (unpaired) electrons. The molecule has 0 saturated carbocycles. The molecule has 0 aromatic carbocycles. The third-order valence-corrected chi connectivity index (χ3v) is 2.55. The highest BCUT2D eigenvalue weighted by atomic mass is 16.3. The molecule has 0 bridgehead atoms. The number of hydrogen-bond donors (Lipinski definition) is 1. The van der Waals surface area contributed by atoms with Crippen LogP contribution in [0, 0.1) is 13.8 Å². The Morgan fingerprint density at radius 3 is 2.67 bits per heavy atom. The van der Waals surface area contributed by atoms with Gasteiger partial charge in [-0.05, 0) is 46.7 Å². The van der Waals surface area contributed by atoms with E-state index in [4.69, 9.17) is 4.42 Å². The molecule has 0 fully saturated rings. The number of aryl methyl sites for hydroxylation is 2. The van der Waals surface area contributed by atoms with Crippen LogP contribution >= 0.6 is 0 Å². The molecule has 1 heterocycles. The molecule has 1 aromatic heterocycles. The lowest BCUT2D eigenvalue weighted by molar-refractivity contribution is 0.490. The average molecular weight is 207 g/mol. The summed E-state index contributed by atoms with van der Waals surface area (Å²) in [5, 5.41) is 3.46. The van der Waals surface area contributed by atoms with E-state index in [0.29, 0.717) is 6.04 Å². The summed E-state index contributed by atoms with van der Waals surface area (Å²) < 4.78 is 5.51. The Bertz CT molecular complexity index is 338. The summed E-state index contributed by atoms with van der Waals surface area (Å²) in [6.45, 7) is 13.1. The summed E-state index contributed by atoms with van der Waals surface area (Å²) in [6.07, 6.45) is 1.03. The van der Waals surface area contributed by atoms with Crippen molar-refractivity contribution in [2.24, 2.45) is 0 Å². The lowest BCUT2D eigenvalue weighted by atomic mass is 10.1. The van der Waals surface area contributed by atoms with E-state index in [1.807, 2.05) is 13.8 Å². The van der Waals surface area contributed by atoms with Crippen LogP contribution in [0.1, 0.15) is 43.4 Å². The number of nitrogens with one attached hydrogen (secondary N) is 1. The van der Waals surface area contributed by atoms with Crippen molar-refractivity contribution in [2.45, 2.75) is 40.2 Å². The predicted molar refractivity (Wildman–Crippen MR) is 64.0 cm³/mol. The molecule has 0 aliphatic carbocycles. The zero-order chi connectivity index (χ0) is 11.4. The molecule has 1 aromatic rings. The normalized spacial score (nSPS) is 12.8. The lowest BCUT2D eigenvalue weighted by Crippen LogP contribution is -2.20. The highest BCUT2D eigenvalue weighted by Crippen LogP contribution is 2.20. The summed E-state index contributed by atoms with van der Waals surface area (Å²) in [4.78, 5) is 0. The minimum Gasteiger partial charge on any atom is -0.466 e. The molecule has 1 rings (SSSR count). The number of rotatable bonds is 5. The van der Waals surface area contributed by atoms with Gasteiger partial charge in [-0.3, -0.25) is 0 Å². The van der Waals surface area contributed by atoms with E-state index in [2.05, 4.69) is 31.8 Å². The molecule has 0 saturated heterocycles. The fourth-order valence-electron chi connectivity index (χ4n) is 1.69. The van der Waals surface area contributed by atoms with Crippen LogP contribution in [0.3, 0.4) is 0 Å². The van der Waals surface area contributed by atoms with Crippen molar-refractivity contribution >= 4 is 0 Å². The summed E-state index contributed by atoms with van der Waals surface area (Å²) in [5.74, 6) is 2.00. The molecule has 2 nitrogen and oxygen atoms in total. The first-order valence-electron chi connectivity index (χ1n) is 5.45. The van der Waals surface area contributed by atoms with Crippen molar-refractivity contribution < 1.29 is 4.42 Å². The first-order valence-corrected chi connectivity index (χ1v) is 5.45. The lowest BCUT2D eigenvalue weighted by Gasteiger charge is -2.12. The zero-order valence-electron chi connectivity index (χ0n) is 10.2. The van der Waals surface area contributed by atoms with Crippen molar-refractivity contribution in [1.82, 2.24) is 5.32 Å². The Morgan fingerprint density at radius 1 is 1.53 bits per heavy atom. The molecular weight excluding hydrogens is 186 g/mol. The monoisotopic (exact) mass is 207 g/mol. The van der Waals surface area contributed by atoms with Crippen LogP contribution in [0.4, 0.5) is 0 Å². The second kappa shape index (κ2) is 5.17. The van der Waals surface area contributed by atoms with E-state index in [1.165, 1.54) is 11.1 Å². The van der Waals surface area contributed by atoms with Gasteiger partial charge in [0, 0.05) is 11.6 Å². The van der Waals surface area contributed by atoms with E-state index in [9.17, 15) is 0 Å². The molecule has 0 aliphatic rings. The van der Waals surface area contributed by atoms with Crippen LogP contribution in [0.25, 0.3) is 0 Å². The van der Waals surface area contributed by atoms with Crippen LogP contribution in [-0.2, 0) is 0 Å². The van der Waals surface area contributed by atoms with Gasteiger partial charge in [0.1, 0.15) is 11.5 Å². The molecule has 0 aliphatic heterocycles. The van der Waals surface area contributed by atoms with Gasteiger partial charge in [-0.25, -0.2) is 0 Å². The van der Waals surface area contributed by atoms with E-state index in [1.54, 1.807) is 0 Å². The second-order valence-electron chi connectivity index (χ2n) is 4.25. The van der Waals surface area contributed by atoms with Gasteiger partial charge in [0.2, 0.25) is 0 Å². The maximum atomic E-state index is 5.51. The molecule has 84 valence electrons. The SMILES string of the molecule is C=C(C)CCNC(C)c1cc(C)oc1C. The van der Waals surface area contributed by atoms with Gasteiger partial charge >= 0.3 is 0 Å². The Kier molecular flexibility index (Phi) is 4.15. The standard InChI is InChI=1S/C13H21NO/c1-9(2)6-7-14-11(4)13-8-10(3)15-12(13)5/h8,11,14H,1,6-7H2,2-5H3. The van der Waals surface area contributed by atoms with Gasteiger partial charge in [0.15, 0.2) is 0 Å². The van der Waals surface area contributed by atoms with Crippen molar-refractivity contribution in [1.29, 1.82) is 0 Å². The molecule has 15 heavy (non-hydrogen) atoms. The summed E-state index contributed by atoms with van der Waals surface area (Å²) in [5.41, 5.74) is 2.48. The Labute approximate surface area is 92.4 Å². The summed E-state index contributed by atoms with van der Waals surface area (Å²) in [7, 11) is 0. The highest BCUT2D eigenvalue weighted by Gasteiger charge is 2.11. The molecule has 2 heteroatoms. The van der Waals surface area contributed by atoms with Gasteiger partial charge in [-0.1, -0.05) is 5.57 Å². The maximum absolute atomic E-state index is 5.51. The molecule has 1 atom stereocenters. The second-order valence-corrected chi connectivity index (χ2v) is 4.25. The van der Waals surface area contributed by atoms with Crippen LogP contribution in [0.2, 0.25) is 0 Å². The van der Waals surface area contributed by atoms with Crippen molar-refractivity contribution in [3.8, 4) is 0 Å². The van der Waals surface area contributed by atoms with Gasteiger partial charge < -0.3 is 9.73 Å². The van der Waals surface area contributed by atoms with E-state index < -0.39 is 0 Å². The minimum absolute atomic E-state index is 0.349. The average Bonchev–Trinajstić information content (AvgIpc) is 2.44. The van der Waals surface area contributed by atoms with Crippen LogP contribution < -0.4 is 5.32 Å². The topological polar surface area (TPSA) is 25.2 Å². The minimum atomic E-state index is 0.349. The number of hydrogen-bond acceptors (Lipinski definition) is 2. The molecule has 1 unspecified atom stereocenters. The Balaban J connectivity index is 2.50. The fraction of sp³-hybridized carbons (Fsp3) is 0.538. The molecule has 0 amide bonds. The first-order chi connectivity index (χ1) is 7.00. The van der Waals surface area contributed by atoms with Gasteiger partial charge in [0.25, 0.3) is 0 Å². The van der Waals surface area contributed by atoms with Crippen LogP contribution in [0.15, 0.2) is 22.6 Å². The summed E-state index contributed by atoms with van der Waals surface area (Å²) in [6, 6.07) is 2.45. The maximum Gasteiger partial charge on any atom is 0.105 e. The smallest absolute Gasteiger partial charge is 0.105 e. The summed E-state index contributed by atoms with van der Waals surface area (Å²) >= 11 is 0. The third-order valence-electron chi connectivity index (χ3n) is 2.55. The van der Waals surface area contributed by atoms with Gasteiger partial charge in [-0.2, -0.15) is 0 Å². The molecule has 0 spiro atoms. The Morgan fingerprint density at radius 2 is 2.20 bits per heavy atom. The molecular formula is C13H21NO. The first kappa shape index (κ1) is 12.1. The fourth-order valence-corrected chi connectivity index (χ4v) is 1.69. The molecule has 1 N–H and O–H groups in total. The van der Waals surface area contributed by atoms with E-state index >= 15 is 0 Å². The van der Waals surface area contributed by atoms with E-state index in [0.717, 1.165) is 24.5 Å². The van der Waals surface area contributed by atoms with Crippen molar-refractivity contribution in [3.05, 3.63) is 35.3 Å². The van der Waals surface area contributed by atoms with E-state index in [-0.39, 0.29) is 0 Å².